The Morgan fingerprint density at radius 3 is 2.65 bits per heavy atom. The fourth-order valence-electron chi connectivity index (χ4n) is 2.86. The molecule has 1 heterocycles. The first-order valence-electron chi connectivity index (χ1n) is 8.57. The third-order valence-corrected chi connectivity index (χ3v) is 4.19. The summed E-state index contributed by atoms with van der Waals surface area (Å²) < 4.78 is 17.0. The number of hydrogen-bond donors (Lipinski definition) is 1. The van der Waals surface area contributed by atoms with Crippen LogP contribution in [0.4, 0.5) is 0 Å². The molecule has 5 nitrogen and oxygen atoms in total. The highest BCUT2D eigenvalue weighted by Gasteiger charge is 2.26. The molecule has 1 N–H and O–H groups in total. The molecule has 3 aromatic carbocycles. The highest BCUT2D eigenvalue weighted by atomic mass is 16.6. The molecule has 132 valence electrons. The number of rotatable bonds is 5. The van der Waals surface area contributed by atoms with Gasteiger partial charge < -0.3 is 19.5 Å². The third kappa shape index (κ3) is 3.57. The Balaban J connectivity index is 1.26. The molecule has 0 spiro atoms. The van der Waals surface area contributed by atoms with Gasteiger partial charge in [0.1, 0.15) is 19.0 Å². The quantitative estimate of drug-likeness (QED) is 0.719. The molecule has 0 saturated heterocycles. The zero-order valence-corrected chi connectivity index (χ0v) is 14.2. The van der Waals surface area contributed by atoms with Crippen LogP contribution in [0, 0.1) is 0 Å². The molecule has 1 atom stereocenters. The van der Waals surface area contributed by atoms with Gasteiger partial charge in [0.15, 0.2) is 11.5 Å². The second kappa shape index (κ2) is 7.35. The Labute approximate surface area is 151 Å². The fraction of sp³-hybridized carbons (Fsp3) is 0.190. The number of ether oxygens (including phenoxy) is 3. The van der Waals surface area contributed by atoms with E-state index in [1.165, 1.54) is 5.39 Å². The van der Waals surface area contributed by atoms with Gasteiger partial charge >= 0.3 is 0 Å². The maximum absolute atomic E-state index is 12.2. The minimum atomic E-state index is -0.648. The van der Waals surface area contributed by atoms with Gasteiger partial charge in [0, 0.05) is 0 Å². The van der Waals surface area contributed by atoms with Crippen molar-refractivity contribution in [1.29, 1.82) is 0 Å². The highest BCUT2D eigenvalue weighted by molar-refractivity contribution is 5.83. The fourth-order valence-corrected chi connectivity index (χ4v) is 2.86. The van der Waals surface area contributed by atoms with Crippen molar-refractivity contribution in [3.05, 3.63) is 66.7 Å². The van der Waals surface area contributed by atoms with Crippen molar-refractivity contribution in [3.63, 3.8) is 0 Å². The number of fused-ring (bicyclic) bond motifs is 2. The first-order valence-corrected chi connectivity index (χ1v) is 8.57. The van der Waals surface area contributed by atoms with Crippen LogP contribution in [0.15, 0.2) is 66.7 Å². The van der Waals surface area contributed by atoms with Crippen molar-refractivity contribution in [2.75, 3.05) is 19.8 Å². The zero-order chi connectivity index (χ0) is 17.8. The molecule has 1 aliphatic heterocycles. The second-order valence-corrected chi connectivity index (χ2v) is 6.01. The molecule has 26 heavy (non-hydrogen) atoms. The van der Waals surface area contributed by atoms with Gasteiger partial charge in [0.25, 0.3) is 5.91 Å². The lowest BCUT2D eigenvalue weighted by atomic mass is 10.1. The largest absolute Gasteiger partial charge is 0.492 e. The molecule has 4 rings (SSSR count). The predicted octanol–water partition coefficient (Wildman–Crippen LogP) is 3.17. The molecule has 5 heteroatoms. The van der Waals surface area contributed by atoms with Crippen molar-refractivity contribution < 1.29 is 19.0 Å². The molecule has 0 radical (unpaired) electrons. The maximum atomic E-state index is 12.2. The SMILES string of the molecule is O=C(NCCOc1ccc2ccccc2c1)C1COc2ccccc2O1. The molecule has 1 amide bonds. The Morgan fingerprint density at radius 2 is 1.77 bits per heavy atom. The normalized spacial score (nSPS) is 15.5. The van der Waals surface area contributed by atoms with Crippen molar-refractivity contribution in [1.82, 2.24) is 5.32 Å². The van der Waals surface area contributed by atoms with Crippen LogP contribution in [0.25, 0.3) is 10.8 Å². The first-order chi connectivity index (χ1) is 12.8. The van der Waals surface area contributed by atoms with E-state index in [0.29, 0.717) is 24.7 Å². The molecule has 0 bridgehead atoms. The van der Waals surface area contributed by atoms with Crippen LogP contribution in [0.1, 0.15) is 0 Å². The van der Waals surface area contributed by atoms with Gasteiger partial charge in [-0.2, -0.15) is 0 Å². The molecular formula is C21H19NO4. The topological polar surface area (TPSA) is 56.8 Å². The predicted molar refractivity (Wildman–Crippen MR) is 98.8 cm³/mol. The van der Waals surface area contributed by atoms with Crippen LogP contribution in [-0.2, 0) is 4.79 Å². The van der Waals surface area contributed by atoms with E-state index < -0.39 is 6.10 Å². The van der Waals surface area contributed by atoms with Crippen molar-refractivity contribution in [2.45, 2.75) is 6.10 Å². The molecular weight excluding hydrogens is 330 g/mol. The molecule has 0 saturated carbocycles. The number of carbonyl (C=O) groups excluding carboxylic acids is 1. The summed E-state index contributed by atoms with van der Waals surface area (Å²) in [5.41, 5.74) is 0. The summed E-state index contributed by atoms with van der Waals surface area (Å²) >= 11 is 0. The Kier molecular flexibility index (Phi) is 4.60. The lowest BCUT2D eigenvalue weighted by Crippen LogP contribution is -2.45. The highest BCUT2D eigenvalue weighted by Crippen LogP contribution is 2.30. The number of para-hydroxylation sites is 2. The Bertz CT molecular complexity index is 925. The summed E-state index contributed by atoms with van der Waals surface area (Å²) in [5.74, 6) is 1.83. The summed E-state index contributed by atoms with van der Waals surface area (Å²) in [7, 11) is 0. The summed E-state index contributed by atoms with van der Waals surface area (Å²) in [6.07, 6.45) is -0.648. The standard InChI is InChI=1S/C21H19NO4/c23-21(20-14-25-18-7-3-4-8-19(18)26-20)22-11-12-24-17-10-9-15-5-1-2-6-16(15)13-17/h1-10,13,20H,11-12,14H2,(H,22,23). The lowest BCUT2D eigenvalue weighted by molar-refractivity contribution is -0.130. The first kappa shape index (κ1) is 16.3. The number of carbonyl (C=O) groups is 1. The van der Waals surface area contributed by atoms with Crippen molar-refractivity contribution in [3.8, 4) is 17.2 Å². The number of hydrogen-bond acceptors (Lipinski definition) is 4. The zero-order valence-electron chi connectivity index (χ0n) is 14.2. The smallest absolute Gasteiger partial charge is 0.264 e. The van der Waals surface area contributed by atoms with E-state index in [0.717, 1.165) is 11.1 Å². The van der Waals surface area contributed by atoms with Gasteiger partial charge in [-0.1, -0.05) is 42.5 Å². The Morgan fingerprint density at radius 1 is 1.00 bits per heavy atom. The second-order valence-electron chi connectivity index (χ2n) is 6.01. The van der Waals surface area contributed by atoms with Gasteiger partial charge in [-0.25, -0.2) is 0 Å². The molecule has 0 fully saturated rings. The Hall–Kier alpha value is -3.21. The summed E-state index contributed by atoms with van der Waals surface area (Å²) in [5, 5.41) is 5.12. The minimum absolute atomic E-state index is 0.203. The van der Waals surface area contributed by atoms with Crippen LogP contribution in [-0.4, -0.2) is 31.8 Å². The monoisotopic (exact) mass is 349 g/mol. The molecule has 0 aliphatic carbocycles. The van der Waals surface area contributed by atoms with Crippen molar-refractivity contribution >= 4 is 16.7 Å². The van der Waals surface area contributed by atoms with Crippen LogP contribution >= 0.6 is 0 Å². The maximum Gasteiger partial charge on any atom is 0.264 e. The van der Waals surface area contributed by atoms with E-state index in [2.05, 4.69) is 11.4 Å². The summed E-state index contributed by atoms with van der Waals surface area (Å²) in [6.45, 7) is 0.982. The molecule has 3 aromatic rings. The van der Waals surface area contributed by atoms with Crippen LogP contribution in [0.2, 0.25) is 0 Å². The molecule has 1 unspecified atom stereocenters. The van der Waals surface area contributed by atoms with Gasteiger partial charge in [0.2, 0.25) is 6.10 Å². The molecule has 0 aromatic heterocycles. The number of benzene rings is 3. The third-order valence-electron chi connectivity index (χ3n) is 4.19. The van der Waals surface area contributed by atoms with Crippen molar-refractivity contribution in [2.24, 2.45) is 0 Å². The van der Waals surface area contributed by atoms with E-state index >= 15 is 0 Å². The van der Waals surface area contributed by atoms with Crippen LogP contribution in [0.3, 0.4) is 0 Å². The van der Waals surface area contributed by atoms with Gasteiger partial charge in [-0.15, -0.1) is 0 Å². The van der Waals surface area contributed by atoms with E-state index in [1.807, 2.05) is 54.6 Å². The lowest BCUT2D eigenvalue weighted by Gasteiger charge is -2.25. The van der Waals surface area contributed by atoms with E-state index in [4.69, 9.17) is 14.2 Å². The van der Waals surface area contributed by atoms with Gasteiger partial charge in [-0.05, 0) is 35.0 Å². The number of nitrogens with one attached hydrogen (secondary N) is 1. The average molecular weight is 349 g/mol. The number of amides is 1. The van der Waals surface area contributed by atoms with Crippen LogP contribution < -0.4 is 19.5 Å². The van der Waals surface area contributed by atoms with E-state index in [-0.39, 0.29) is 12.5 Å². The van der Waals surface area contributed by atoms with Gasteiger partial charge in [-0.3, -0.25) is 4.79 Å². The summed E-state index contributed by atoms with van der Waals surface area (Å²) in [4.78, 5) is 12.2. The van der Waals surface area contributed by atoms with E-state index in [9.17, 15) is 4.79 Å². The average Bonchev–Trinajstić information content (AvgIpc) is 2.70. The summed E-state index contributed by atoms with van der Waals surface area (Å²) in [6, 6.07) is 21.4. The van der Waals surface area contributed by atoms with E-state index in [1.54, 1.807) is 6.07 Å². The molecule has 1 aliphatic rings. The van der Waals surface area contributed by atoms with Crippen LogP contribution in [0.5, 0.6) is 17.2 Å². The minimum Gasteiger partial charge on any atom is -0.492 e. The van der Waals surface area contributed by atoms with Gasteiger partial charge in [0.05, 0.1) is 6.54 Å².